The molecule has 1 aliphatic rings. The molecule has 110 valence electrons. The second-order valence-electron chi connectivity index (χ2n) is 5.29. The molecule has 2 nitrogen and oxygen atoms in total. The van der Waals surface area contributed by atoms with Crippen molar-refractivity contribution in [3.8, 4) is 0 Å². The molecule has 0 saturated carbocycles. The first-order valence-electron chi connectivity index (χ1n) is 6.96. The summed E-state index contributed by atoms with van der Waals surface area (Å²) in [7, 11) is 0. The van der Waals surface area contributed by atoms with Crippen LogP contribution in [0.4, 0.5) is 4.39 Å². The normalized spacial score (nSPS) is 19.1. The Kier molecular flexibility index (Phi) is 4.38. The molecule has 21 heavy (non-hydrogen) atoms. The number of rotatable bonds is 3. The van der Waals surface area contributed by atoms with Crippen molar-refractivity contribution in [3.05, 3.63) is 69.4 Å². The highest BCUT2D eigenvalue weighted by Crippen LogP contribution is 2.31. The second-order valence-corrected chi connectivity index (χ2v) is 6.21. The molecule has 2 unspecified atom stereocenters. The number of fused-ring (bicyclic) bond motifs is 1. The van der Waals surface area contributed by atoms with Gasteiger partial charge in [-0.15, -0.1) is 0 Å². The van der Waals surface area contributed by atoms with Crippen molar-refractivity contribution in [2.75, 3.05) is 6.61 Å². The highest BCUT2D eigenvalue weighted by molar-refractivity contribution is 9.10. The van der Waals surface area contributed by atoms with Crippen LogP contribution in [0.2, 0.25) is 0 Å². The van der Waals surface area contributed by atoms with Crippen molar-refractivity contribution in [2.24, 2.45) is 0 Å². The SMILES string of the molecule is OC(Cc1cc(F)cc(Br)c1)C1OCCc2ccccc21. The molecular weight excluding hydrogens is 335 g/mol. The fraction of sp³-hybridized carbons (Fsp3) is 0.294. The van der Waals surface area contributed by atoms with Gasteiger partial charge in [-0.1, -0.05) is 40.2 Å². The lowest BCUT2D eigenvalue weighted by Crippen LogP contribution is -2.28. The molecule has 1 aliphatic heterocycles. The van der Waals surface area contributed by atoms with E-state index in [9.17, 15) is 9.50 Å². The van der Waals surface area contributed by atoms with E-state index in [4.69, 9.17) is 4.74 Å². The van der Waals surface area contributed by atoms with E-state index in [0.717, 1.165) is 17.5 Å². The molecule has 0 aromatic heterocycles. The van der Waals surface area contributed by atoms with Crippen LogP contribution in [0.25, 0.3) is 0 Å². The lowest BCUT2D eigenvalue weighted by molar-refractivity contribution is -0.0460. The van der Waals surface area contributed by atoms with Crippen molar-refractivity contribution in [2.45, 2.75) is 25.0 Å². The molecule has 0 bridgehead atoms. The lowest BCUT2D eigenvalue weighted by atomic mass is 9.92. The van der Waals surface area contributed by atoms with Crippen LogP contribution in [0.1, 0.15) is 22.8 Å². The molecule has 0 fully saturated rings. The van der Waals surface area contributed by atoms with Crippen molar-refractivity contribution in [3.63, 3.8) is 0 Å². The summed E-state index contributed by atoms with van der Waals surface area (Å²) >= 11 is 3.27. The third kappa shape index (κ3) is 3.34. The molecule has 2 aromatic rings. The Morgan fingerprint density at radius 3 is 2.90 bits per heavy atom. The lowest BCUT2D eigenvalue weighted by Gasteiger charge is -2.29. The second kappa shape index (κ2) is 6.26. The molecule has 2 atom stereocenters. The van der Waals surface area contributed by atoms with Gasteiger partial charge in [-0.25, -0.2) is 4.39 Å². The predicted molar refractivity (Wildman–Crippen MR) is 82.6 cm³/mol. The number of halogens is 2. The molecule has 0 saturated heterocycles. The number of hydrogen-bond donors (Lipinski definition) is 1. The van der Waals surface area contributed by atoms with Gasteiger partial charge in [0.1, 0.15) is 11.9 Å². The molecule has 0 radical (unpaired) electrons. The summed E-state index contributed by atoms with van der Waals surface area (Å²) in [6.45, 7) is 0.603. The fourth-order valence-corrected chi connectivity index (χ4v) is 3.33. The summed E-state index contributed by atoms with van der Waals surface area (Å²) in [6.07, 6.45) is 0.178. The number of benzene rings is 2. The van der Waals surface area contributed by atoms with Crippen molar-refractivity contribution in [1.82, 2.24) is 0 Å². The van der Waals surface area contributed by atoms with Gasteiger partial charge in [-0.05, 0) is 41.3 Å². The standard InChI is InChI=1S/C17H16BrFO2/c18-13-7-11(8-14(19)10-13)9-16(20)17-15-4-2-1-3-12(15)5-6-21-17/h1-4,7-8,10,16-17,20H,5-6,9H2. The topological polar surface area (TPSA) is 29.5 Å². The van der Waals surface area contributed by atoms with Gasteiger partial charge in [-0.2, -0.15) is 0 Å². The Morgan fingerprint density at radius 2 is 2.10 bits per heavy atom. The highest BCUT2D eigenvalue weighted by Gasteiger charge is 2.27. The average molecular weight is 351 g/mol. The van der Waals surface area contributed by atoms with Crippen LogP contribution in [-0.2, 0) is 17.6 Å². The van der Waals surface area contributed by atoms with E-state index in [0.29, 0.717) is 17.5 Å². The number of hydrogen-bond acceptors (Lipinski definition) is 2. The number of ether oxygens (including phenoxy) is 1. The first-order chi connectivity index (χ1) is 10.1. The third-order valence-electron chi connectivity index (χ3n) is 3.75. The summed E-state index contributed by atoms with van der Waals surface area (Å²) in [5, 5.41) is 10.5. The smallest absolute Gasteiger partial charge is 0.124 e. The molecule has 3 rings (SSSR count). The van der Waals surface area contributed by atoms with Gasteiger partial charge in [-0.3, -0.25) is 0 Å². The van der Waals surface area contributed by atoms with E-state index in [1.165, 1.54) is 17.7 Å². The highest BCUT2D eigenvalue weighted by atomic mass is 79.9. The van der Waals surface area contributed by atoms with Crippen molar-refractivity contribution in [1.29, 1.82) is 0 Å². The van der Waals surface area contributed by atoms with Crippen molar-refractivity contribution >= 4 is 15.9 Å². The molecule has 1 heterocycles. The van der Waals surface area contributed by atoms with Crippen LogP contribution < -0.4 is 0 Å². The Balaban J connectivity index is 1.81. The molecule has 0 spiro atoms. The first-order valence-corrected chi connectivity index (χ1v) is 7.75. The van der Waals surface area contributed by atoms with Crippen LogP contribution in [0.5, 0.6) is 0 Å². The van der Waals surface area contributed by atoms with E-state index in [-0.39, 0.29) is 11.9 Å². The summed E-state index contributed by atoms with van der Waals surface area (Å²) in [4.78, 5) is 0. The average Bonchev–Trinajstić information content (AvgIpc) is 2.45. The molecule has 0 amide bonds. The Bertz CT molecular complexity index is 624. The minimum absolute atomic E-state index is 0.309. The van der Waals surface area contributed by atoms with Crippen molar-refractivity contribution < 1.29 is 14.2 Å². The van der Waals surface area contributed by atoms with Gasteiger partial charge in [0.15, 0.2) is 0 Å². The van der Waals surface area contributed by atoms with Gasteiger partial charge in [0.05, 0.1) is 12.7 Å². The Morgan fingerprint density at radius 1 is 1.29 bits per heavy atom. The van der Waals surface area contributed by atoms with Gasteiger partial charge in [0.25, 0.3) is 0 Å². The molecular formula is C17H16BrFO2. The first kappa shape index (κ1) is 14.7. The van der Waals surface area contributed by atoms with Crippen LogP contribution in [0.15, 0.2) is 46.9 Å². The molecule has 1 N–H and O–H groups in total. The van der Waals surface area contributed by atoms with E-state index >= 15 is 0 Å². The van der Waals surface area contributed by atoms with Crippen LogP contribution in [0.3, 0.4) is 0 Å². The van der Waals surface area contributed by atoms with E-state index in [1.807, 2.05) is 24.3 Å². The maximum atomic E-state index is 13.4. The van der Waals surface area contributed by atoms with E-state index < -0.39 is 6.10 Å². The Labute approximate surface area is 131 Å². The molecule has 4 heteroatoms. The maximum absolute atomic E-state index is 13.4. The molecule has 2 aromatic carbocycles. The number of aliphatic hydroxyl groups is 1. The minimum Gasteiger partial charge on any atom is -0.390 e. The number of aliphatic hydroxyl groups excluding tert-OH is 1. The van der Waals surface area contributed by atoms with Gasteiger partial charge < -0.3 is 9.84 Å². The van der Waals surface area contributed by atoms with Gasteiger partial charge in [0.2, 0.25) is 0 Å². The zero-order valence-corrected chi connectivity index (χ0v) is 13.0. The predicted octanol–water partition coefficient (Wildman–Crippen LogP) is 3.81. The van der Waals surface area contributed by atoms with Crippen LogP contribution >= 0.6 is 15.9 Å². The Hall–Kier alpha value is -1.23. The summed E-state index contributed by atoms with van der Waals surface area (Å²) < 4.78 is 19.8. The van der Waals surface area contributed by atoms with E-state index in [2.05, 4.69) is 22.0 Å². The zero-order valence-electron chi connectivity index (χ0n) is 11.4. The van der Waals surface area contributed by atoms with Crippen LogP contribution in [-0.4, -0.2) is 17.8 Å². The quantitative estimate of drug-likeness (QED) is 0.911. The minimum atomic E-state index is -0.694. The largest absolute Gasteiger partial charge is 0.390 e. The fourth-order valence-electron chi connectivity index (χ4n) is 2.82. The van der Waals surface area contributed by atoms with E-state index in [1.54, 1.807) is 0 Å². The zero-order chi connectivity index (χ0) is 14.8. The summed E-state index contributed by atoms with van der Waals surface area (Å²) in [5.41, 5.74) is 3.00. The summed E-state index contributed by atoms with van der Waals surface area (Å²) in [5.74, 6) is -0.309. The monoisotopic (exact) mass is 350 g/mol. The van der Waals surface area contributed by atoms with Gasteiger partial charge in [0, 0.05) is 10.9 Å². The molecule has 0 aliphatic carbocycles. The van der Waals surface area contributed by atoms with Crippen LogP contribution in [0, 0.1) is 5.82 Å². The third-order valence-corrected chi connectivity index (χ3v) is 4.20. The summed E-state index contributed by atoms with van der Waals surface area (Å²) in [6, 6.07) is 12.7. The van der Waals surface area contributed by atoms with Gasteiger partial charge >= 0.3 is 0 Å². The maximum Gasteiger partial charge on any atom is 0.124 e.